The monoisotopic (exact) mass is 294 g/mol. The van der Waals surface area contributed by atoms with Crippen LogP contribution in [0.3, 0.4) is 0 Å². The van der Waals surface area contributed by atoms with Crippen LogP contribution in [0.25, 0.3) is 0 Å². The van der Waals surface area contributed by atoms with Crippen LogP contribution < -0.4 is 0 Å². The summed E-state index contributed by atoms with van der Waals surface area (Å²) in [5.74, 6) is 0. The first-order valence-electron chi connectivity index (χ1n) is 6.31. The fraction of sp³-hybridized carbons (Fsp3) is 0. The summed E-state index contributed by atoms with van der Waals surface area (Å²) in [7, 11) is 0. The first kappa shape index (κ1) is 18.9. The van der Waals surface area contributed by atoms with Gasteiger partial charge in [0.25, 0.3) is 0 Å². The summed E-state index contributed by atoms with van der Waals surface area (Å²) in [6.45, 7) is 0. The summed E-state index contributed by atoms with van der Waals surface area (Å²) in [6, 6.07) is 15.6. The maximum Gasteiger partial charge on any atom is 2.00 e. The molecule has 4 N–H and O–H groups in total. The Morgan fingerprint density at radius 1 is 0.333 bits per heavy atom. The van der Waals surface area contributed by atoms with Crippen molar-refractivity contribution in [1.82, 2.24) is 19.9 Å². The third kappa shape index (κ3) is 14.1. The van der Waals surface area contributed by atoms with Gasteiger partial charge in [-0.3, -0.25) is 0 Å². The van der Waals surface area contributed by atoms with Gasteiger partial charge in [0.05, 0.1) is 0 Å². The predicted octanol–water partition coefficient (Wildman–Crippen LogP) is 3.90. The molecule has 0 fully saturated rings. The van der Waals surface area contributed by atoms with Crippen LogP contribution in [-0.2, 0) is 0 Å². The van der Waals surface area contributed by atoms with Gasteiger partial charge < -0.3 is 22.8 Å². The summed E-state index contributed by atoms with van der Waals surface area (Å²) < 4.78 is 0. The third-order valence-corrected chi connectivity index (χ3v) is 1.98. The van der Waals surface area contributed by atoms with Crippen molar-refractivity contribution in [2.45, 2.75) is 0 Å². The smallest absolute Gasteiger partial charge is 1.00 e. The van der Waals surface area contributed by atoms with E-state index in [1.807, 2.05) is 98.1 Å². The normalized spacial score (nSPS) is 7.62. The minimum Gasteiger partial charge on any atom is -1.00 e. The molecule has 4 rings (SSSR count). The van der Waals surface area contributed by atoms with E-state index < -0.39 is 0 Å². The molecule has 0 aliphatic carbocycles. The maximum absolute atomic E-state index is 2.86. The first-order chi connectivity index (χ1) is 10.0. The molecule has 4 aromatic heterocycles. The minimum absolute atomic E-state index is 0. The van der Waals surface area contributed by atoms with Gasteiger partial charge in [-0.2, -0.15) is 0 Å². The molecule has 0 aliphatic heterocycles. The van der Waals surface area contributed by atoms with Crippen LogP contribution in [0.1, 0.15) is 2.85 Å². The molecule has 4 aromatic rings. The molecule has 0 saturated carbocycles. The van der Waals surface area contributed by atoms with E-state index in [9.17, 15) is 0 Å². The van der Waals surface area contributed by atoms with Crippen molar-refractivity contribution in [3.05, 3.63) is 98.1 Å². The predicted molar refractivity (Wildman–Crippen MR) is 91.1 cm³/mol. The van der Waals surface area contributed by atoms with Crippen molar-refractivity contribution in [2.75, 3.05) is 0 Å². The average molecular weight is 295 g/mol. The molecule has 0 aromatic carbocycles. The molecule has 0 saturated heterocycles. The topological polar surface area (TPSA) is 63.2 Å². The maximum atomic E-state index is 2.86. The molecular weight excluding hydrogens is 273 g/mol. The van der Waals surface area contributed by atoms with Crippen LogP contribution in [0.15, 0.2) is 98.1 Å². The Balaban J connectivity index is -0.000000222. The molecular formula is C16H22MgN4. The molecule has 4 nitrogen and oxygen atoms in total. The van der Waals surface area contributed by atoms with Gasteiger partial charge in [-0.25, -0.2) is 0 Å². The summed E-state index contributed by atoms with van der Waals surface area (Å²) >= 11 is 0. The van der Waals surface area contributed by atoms with E-state index >= 15 is 0 Å². The molecule has 0 unspecified atom stereocenters. The Labute approximate surface area is 144 Å². The van der Waals surface area contributed by atoms with Gasteiger partial charge in [0.1, 0.15) is 0 Å². The van der Waals surface area contributed by atoms with Gasteiger partial charge in [-0.1, -0.05) is 0 Å². The quantitative estimate of drug-likeness (QED) is 0.355. The van der Waals surface area contributed by atoms with Crippen LogP contribution in [0.4, 0.5) is 0 Å². The van der Waals surface area contributed by atoms with E-state index in [1.54, 1.807) is 0 Å². The zero-order valence-electron chi connectivity index (χ0n) is 13.9. The Morgan fingerprint density at radius 2 is 0.476 bits per heavy atom. The van der Waals surface area contributed by atoms with Crippen molar-refractivity contribution in [1.29, 1.82) is 0 Å². The first-order valence-corrected chi connectivity index (χ1v) is 6.31. The Morgan fingerprint density at radius 3 is 0.524 bits per heavy atom. The zero-order valence-corrected chi connectivity index (χ0v) is 13.4. The van der Waals surface area contributed by atoms with Crippen molar-refractivity contribution in [3.63, 3.8) is 0 Å². The van der Waals surface area contributed by atoms with E-state index in [-0.39, 0.29) is 25.9 Å². The fourth-order valence-corrected chi connectivity index (χ4v) is 1.11. The Hall–Kier alpha value is -2.11. The minimum atomic E-state index is 0. The number of aromatic amines is 4. The van der Waals surface area contributed by atoms with Crippen LogP contribution in [0.2, 0.25) is 0 Å². The fourth-order valence-electron chi connectivity index (χ4n) is 1.11. The van der Waals surface area contributed by atoms with E-state index in [2.05, 4.69) is 19.9 Å². The molecule has 5 heteroatoms. The van der Waals surface area contributed by atoms with Gasteiger partial charge in [0.2, 0.25) is 0 Å². The summed E-state index contributed by atoms with van der Waals surface area (Å²) in [6.07, 6.45) is 15.0. The molecule has 0 atom stereocenters. The number of hydrogen-bond acceptors (Lipinski definition) is 0. The summed E-state index contributed by atoms with van der Waals surface area (Å²) in [5.41, 5.74) is 0. The van der Waals surface area contributed by atoms with Gasteiger partial charge in [0, 0.05) is 49.6 Å². The summed E-state index contributed by atoms with van der Waals surface area (Å²) in [5, 5.41) is 0. The van der Waals surface area contributed by atoms with Gasteiger partial charge >= 0.3 is 23.1 Å². The van der Waals surface area contributed by atoms with E-state index in [1.165, 1.54) is 0 Å². The Bertz CT molecular complexity index is 361. The van der Waals surface area contributed by atoms with Crippen molar-refractivity contribution in [2.24, 2.45) is 0 Å². The molecule has 0 aliphatic rings. The molecule has 0 bridgehead atoms. The van der Waals surface area contributed by atoms with E-state index in [0.717, 1.165) is 0 Å². The number of rotatable bonds is 0. The molecule has 0 amide bonds. The van der Waals surface area contributed by atoms with Crippen LogP contribution in [0.5, 0.6) is 0 Å². The largest absolute Gasteiger partial charge is 2.00 e. The second-order valence-electron chi connectivity index (χ2n) is 3.54. The van der Waals surface area contributed by atoms with Gasteiger partial charge in [0.15, 0.2) is 0 Å². The van der Waals surface area contributed by atoms with Crippen LogP contribution in [0, 0.1) is 0 Å². The van der Waals surface area contributed by atoms with Gasteiger partial charge in [-0.15, -0.1) is 0 Å². The van der Waals surface area contributed by atoms with Crippen LogP contribution >= 0.6 is 0 Å². The number of nitrogens with one attached hydrogen (secondary N) is 4. The van der Waals surface area contributed by atoms with Crippen molar-refractivity contribution < 1.29 is 2.85 Å². The van der Waals surface area contributed by atoms with E-state index in [0.29, 0.717) is 0 Å². The summed E-state index contributed by atoms with van der Waals surface area (Å²) in [4.78, 5) is 11.4. The SMILES string of the molecule is [H-].[H-].[Mg+2].c1cc[nH]c1.c1cc[nH]c1.c1cc[nH]c1.c1cc[nH]c1. The number of aromatic nitrogens is 4. The number of H-pyrrole nitrogens is 4. The van der Waals surface area contributed by atoms with Crippen molar-refractivity contribution >= 4 is 23.1 Å². The molecule has 108 valence electrons. The second kappa shape index (κ2) is 15.9. The zero-order chi connectivity index (χ0) is 14.1. The van der Waals surface area contributed by atoms with E-state index in [4.69, 9.17) is 0 Å². The van der Waals surface area contributed by atoms with Crippen LogP contribution in [-0.4, -0.2) is 43.0 Å². The molecule has 21 heavy (non-hydrogen) atoms. The molecule has 4 heterocycles. The van der Waals surface area contributed by atoms with Crippen molar-refractivity contribution in [3.8, 4) is 0 Å². The molecule has 0 spiro atoms. The second-order valence-corrected chi connectivity index (χ2v) is 3.54. The molecule has 0 radical (unpaired) electrons. The third-order valence-electron chi connectivity index (χ3n) is 1.98. The standard InChI is InChI=1S/4C4H5N.Mg.2H/c4*1-2-4-5-3-1;;;/h4*1-5H;;;/q;;;;+2;2*-1. The average Bonchev–Trinajstić information content (AvgIpc) is 3.40. The Kier molecular flexibility index (Phi) is 14.3. The number of hydrogen-bond donors (Lipinski definition) is 4. The van der Waals surface area contributed by atoms with Gasteiger partial charge in [-0.05, 0) is 48.5 Å².